The Hall–Kier alpha value is -2.04. The highest BCUT2D eigenvalue weighted by molar-refractivity contribution is 6.31. The Bertz CT molecular complexity index is 754. The van der Waals surface area contributed by atoms with Crippen molar-refractivity contribution in [1.82, 2.24) is 5.16 Å². The van der Waals surface area contributed by atoms with E-state index in [0.29, 0.717) is 35.1 Å². The van der Waals surface area contributed by atoms with Crippen LogP contribution in [0.5, 0.6) is 5.75 Å². The van der Waals surface area contributed by atoms with Crippen molar-refractivity contribution in [2.75, 3.05) is 6.61 Å². The van der Waals surface area contributed by atoms with E-state index in [1.54, 1.807) is 0 Å². The second-order valence-corrected chi connectivity index (χ2v) is 5.02. The Morgan fingerprint density at radius 1 is 1.14 bits per heavy atom. The van der Waals surface area contributed by atoms with E-state index in [0.717, 1.165) is 10.9 Å². The van der Waals surface area contributed by atoms with Crippen LogP contribution in [0.4, 0.5) is 0 Å². The van der Waals surface area contributed by atoms with E-state index in [2.05, 4.69) is 5.16 Å². The van der Waals surface area contributed by atoms with Crippen LogP contribution >= 0.6 is 11.6 Å². The maximum absolute atomic E-state index is 9.09. The van der Waals surface area contributed by atoms with Crippen molar-refractivity contribution in [3.05, 3.63) is 58.7 Å². The molecular weight excluding hydrogens is 290 g/mol. The summed E-state index contributed by atoms with van der Waals surface area (Å²) in [4.78, 5) is 0. The standard InChI is InChI=1S/C16H14ClNO3/c17-12-5-2-1-4-11(12)10-20-14-6-3-7-15-16(14)13(8-9-19)18-21-15/h1-7,19H,8-10H2. The molecule has 108 valence electrons. The lowest BCUT2D eigenvalue weighted by atomic mass is 10.1. The molecule has 0 unspecified atom stereocenters. The second kappa shape index (κ2) is 6.16. The van der Waals surface area contributed by atoms with Gasteiger partial charge in [0.15, 0.2) is 5.58 Å². The van der Waals surface area contributed by atoms with E-state index in [1.165, 1.54) is 0 Å². The highest BCUT2D eigenvalue weighted by Gasteiger charge is 2.13. The number of aliphatic hydroxyl groups excluding tert-OH is 1. The van der Waals surface area contributed by atoms with Crippen molar-refractivity contribution in [2.45, 2.75) is 13.0 Å². The zero-order chi connectivity index (χ0) is 14.7. The number of hydrogen-bond donors (Lipinski definition) is 1. The van der Waals surface area contributed by atoms with Crippen molar-refractivity contribution >= 4 is 22.6 Å². The Morgan fingerprint density at radius 2 is 2.00 bits per heavy atom. The van der Waals surface area contributed by atoms with Crippen LogP contribution in [-0.2, 0) is 13.0 Å². The van der Waals surface area contributed by atoms with Gasteiger partial charge in [-0.1, -0.05) is 41.0 Å². The molecule has 0 aliphatic carbocycles. The second-order valence-electron chi connectivity index (χ2n) is 4.61. The predicted molar refractivity (Wildman–Crippen MR) is 80.6 cm³/mol. The molecule has 2 aromatic carbocycles. The van der Waals surface area contributed by atoms with Gasteiger partial charge in [-0.3, -0.25) is 0 Å². The summed E-state index contributed by atoms with van der Waals surface area (Å²) in [6.45, 7) is 0.378. The molecule has 0 aliphatic rings. The van der Waals surface area contributed by atoms with Gasteiger partial charge in [0.1, 0.15) is 12.4 Å². The van der Waals surface area contributed by atoms with Crippen LogP contribution in [0, 0.1) is 0 Å². The van der Waals surface area contributed by atoms with Crippen LogP contribution < -0.4 is 4.74 Å². The zero-order valence-electron chi connectivity index (χ0n) is 11.3. The molecule has 4 nitrogen and oxygen atoms in total. The molecular formula is C16H14ClNO3. The Morgan fingerprint density at radius 3 is 2.81 bits per heavy atom. The molecule has 1 aromatic heterocycles. The molecule has 0 amide bonds. The number of aromatic nitrogens is 1. The van der Waals surface area contributed by atoms with Crippen molar-refractivity contribution in [3.63, 3.8) is 0 Å². The number of ether oxygens (including phenoxy) is 1. The third kappa shape index (κ3) is 2.86. The van der Waals surface area contributed by atoms with Gasteiger partial charge in [0.25, 0.3) is 0 Å². The Labute approximate surface area is 126 Å². The Kier molecular flexibility index (Phi) is 4.08. The summed E-state index contributed by atoms with van der Waals surface area (Å²) in [5.41, 5.74) is 2.26. The first-order valence-corrected chi connectivity index (χ1v) is 7.01. The molecule has 0 saturated carbocycles. The van der Waals surface area contributed by atoms with Gasteiger partial charge in [0.2, 0.25) is 0 Å². The number of halogens is 1. The number of nitrogens with zero attached hydrogens (tertiary/aromatic N) is 1. The molecule has 3 aromatic rings. The highest BCUT2D eigenvalue weighted by Crippen LogP contribution is 2.30. The third-order valence-electron chi connectivity index (χ3n) is 3.22. The van der Waals surface area contributed by atoms with Gasteiger partial charge < -0.3 is 14.4 Å². The monoisotopic (exact) mass is 303 g/mol. The van der Waals surface area contributed by atoms with Gasteiger partial charge >= 0.3 is 0 Å². The predicted octanol–water partition coefficient (Wildman–Crippen LogP) is 3.60. The van der Waals surface area contributed by atoms with Crippen LogP contribution in [0.3, 0.4) is 0 Å². The molecule has 0 spiro atoms. The fraction of sp³-hybridized carbons (Fsp3) is 0.188. The summed E-state index contributed by atoms with van der Waals surface area (Å²) in [6, 6.07) is 13.1. The average molecular weight is 304 g/mol. The molecule has 0 fully saturated rings. The van der Waals surface area contributed by atoms with Crippen LogP contribution in [0.1, 0.15) is 11.3 Å². The smallest absolute Gasteiger partial charge is 0.170 e. The zero-order valence-corrected chi connectivity index (χ0v) is 12.0. The fourth-order valence-corrected chi connectivity index (χ4v) is 2.38. The van der Waals surface area contributed by atoms with Crippen LogP contribution in [0.25, 0.3) is 11.0 Å². The number of aliphatic hydroxyl groups is 1. The van der Waals surface area contributed by atoms with E-state index in [-0.39, 0.29) is 6.61 Å². The summed E-state index contributed by atoms with van der Waals surface area (Å²) >= 11 is 6.12. The summed E-state index contributed by atoms with van der Waals surface area (Å²) in [5.74, 6) is 0.678. The molecule has 0 saturated heterocycles. The lowest BCUT2D eigenvalue weighted by Gasteiger charge is -2.09. The van der Waals surface area contributed by atoms with Crippen LogP contribution in [0.2, 0.25) is 5.02 Å². The Balaban J connectivity index is 1.90. The van der Waals surface area contributed by atoms with Gasteiger partial charge in [0.05, 0.1) is 11.1 Å². The van der Waals surface area contributed by atoms with Crippen molar-refractivity contribution in [1.29, 1.82) is 0 Å². The molecule has 0 atom stereocenters. The van der Waals surface area contributed by atoms with Gasteiger partial charge in [0, 0.05) is 23.6 Å². The highest BCUT2D eigenvalue weighted by atomic mass is 35.5. The third-order valence-corrected chi connectivity index (χ3v) is 3.59. The largest absolute Gasteiger partial charge is 0.488 e. The molecule has 0 radical (unpaired) electrons. The summed E-state index contributed by atoms with van der Waals surface area (Å²) in [6.07, 6.45) is 0.430. The normalized spacial score (nSPS) is 11.0. The maximum Gasteiger partial charge on any atom is 0.170 e. The van der Waals surface area contributed by atoms with Crippen LogP contribution in [0.15, 0.2) is 47.0 Å². The number of hydrogen-bond acceptors (Lipinski definition) is 4. The molecule has 1 N–H and O–H groups in total. The van der Waals surface area contributed by atoms with E-state index in [9.17, 15) is 0 Å². The van der Waals surface area contributed by atoms with Gasteiger partial charge in [-0.15, -0.1) is 0 Å². The van der Waals surface area contributed by atoms with E-state index >= 15 is 0 Å². The van der Waals surface area contributed by atoms with Crippen molar-refractivity contribution in [3.8, 4) is 5.75 Å². The van der Waals surface area contributed by atoms with Crippen LogP contribution in [-0.4, -0.2) is 16.9 Å². The first-order chi connectivity index (χ1) is 10.3. The quantitative estimate of drug-likeness (QED) is 0.782. The number of benzene rings is 2. The lowest BCUT2D eigenvalue weighted by molar-refractivity contribution is 0.294. The maximum atomic E-state index is 9.09. The van der Waals surface area contributed by atoms with Gasteiger partial charge in [-0.25, -0.2) is 0 Å². The fourth-order valence-electron chi connectivity index (χ4n) is 2.19. The molecule has 0 bridgehead atoms. The van der Waals surface area contributed by atoms with Gasteiger partial charge in [-0.2, -0.15) is 0 Å². The van der Waals surface area contributed by atoms with Crippen molar-refractivity contribution in [2.24, 2.45) is 0 Å². The van der Waals surface area contributed by atoms with Crippen molar-refractivity contribution < 1.29 is 14.4 Å². The first kappa shape index (κ1) is 13.9. The number of fused-ring (bicyclic) bond motifs is 1. The summed E-state index contributed by atoms with van der Waals surface area (Å²) in [5, 5.41) is 14.5. The molecule has 21 heavy (non-hydrogen) atoms. The minimum Gasteiger partial charge on any atom is -0.488 e. The average Bonchev–Trinajstić information content (AvgIpc) is 2.91. The van der Waals surface area contributed by atoms with E-state index in [4.69, 9.17) is 26.0 Å². The van der Waals surface area contributed by atoms with E-state index < -0.39 is 0 Å². The molecule has 1 heterocycles. The lowest BCUT2D eigenvalue weighted by Crippen LogP contribution is -1.98. The molecule has 3 rings (SSSR count). The van der Waals surface area contributed by atoms with Gasteiger partial charge in [-0.05, 0) is 18.2 Å². The molecule has 0 aliphatic heterocycles. The topological polar surface area (TPSA) is 55.5 Å². The first-order valence-electron chi connectivity index (χ1n) is 6.64. The summed E-state index contributed by atoms with van der Waals surface area (Å²) < 4.78 is 11.1. The summed E-state index contributed by atoms with van der Waals surface area (Å²) in [7, 11) is 0. The molecule has 5 heteroatoms. The number of rotatable bonds is 5. The minimum atomic E-state index is 0.0144. The minimum absolute atomic E-state index is 0.0144. The van der Waals surface area contributed by atoms with E-state index in [1.807, 2.05) is 42.5 Å². The SMILES string of the molecule is OCCc1noc2cccc(OCc3ccccc3Cl)c12.